The first kappa shape index (κ1) is 25.6. The maximum atomic E-state index is 13.4. The predicted octanol–water partition coefficient (Wildman–Crippen LogP) is 6.46. The third kappa shape index (κ3) is 7.01. The van der Waals surface area contributed by atoms with Gasteiger partial charge in [0.2, 0.25) is 5.91 Å². The zero-order chi connectivity index (χ0) is 24.7. The number of nitrogens with zero attached hydrogens (tertiary/aromatic N) is 2. The summed E-state index contributed by atoms with van der Waals surface area (Å²) in [5.74, 6) is -1.17. The van der Waals surface area contributed by atoms with Gasteiger partial charge in [-0.3, -0.25) is 4.79 Å². The molecule has 180 valence electrons. The molecule has 2 aromatic carbocycles. The molecule has 0 aliphatic carbocycles. The molecule has 1 aromatic heterocycles. The van der Waals surface area contributed by atoms with E-state index in [1.54, 1.807) is 28.4 Å². The molecule has 0 saturated carbocycles. The number of amides is 3. The average Bonchev–Trinajstić information content (AvgIpc) is 3.21. The first-order valence-corrected chi connectivity index (χ1v) is 12.1. The van der Waals surface area contributed by atoms with E-state index in [0.29, 0.717) is 25.2 Å². The number of carbonyl (C=O) groups excluding carboxylic acids is 2. The van der Waals surface area contributed by atoms with Crippen molar-refractivity contribution in [3.8, 4) is 0 Å². The van der Waals surface area contributed by atoms with E-state index < -0.39 is 11.8 Å². The summed E-state index contributed by atoms with van der Waals surface area (Å²) in [6.07, 6.45) is 0.646. The number of urea groups is 1. The lowest BCUT2D eigenvalue weighted by Crippen LogP contribution is -2.44. The van der Waals surface area contributed by atoms with Gasteiger partial charge in [-0.1, -0.05) is 30.7 Å². The van der Waals surface area contributed by atoms with E-state index in [9.17, 15) is 18.4 Å². The van der Waals surface area contributed by atoms with E-state index in [-0.39, 0.29) is 29.8 Å². The van der Waals surface area contributed by atoms with Crippen molar-refractivity contribution < 1.29 is 18.4 Å². The van der Waals surface area contributed by atoms with E-state index in [2.05, 4.69) is 5.32 Å². The van der Waals surface area contributed by atoms with E-state index in [4.69, 9.17) is 11.6 Å². The molecular weight excluding hydrogens is 480 g/mol. The van der Waals surface area contributed by atoms with Gasteiger partial charge in [-0.25, -0.2) is 13.6 Å². The van der Waals surface area contributed by atoms with E-state index in [1.807, 2.05) is 25.3 Å². The second-order valence-corrected chi connectivity index (χ2v) is 9.29. The van der Waals surface area contributed by atoms with Crippen LogP contribution in [0.4, 0.5) is 19.3 Å². The number of benzene rings is 2. The average molecular weight is 506 g/mol. The van der Waals surface area contributed by atoms with Gasteiger partial charge in [0.05, 0.1) is 11.6 Å². The lowest BCUT2D eigenvalue weighted by Gasteiger charge is -2.28. The fourth-order valence-electron chi connectivity index (χ4n) is 3.34. The molecule has 3 rings (SSSR count). The lowest BCUT2D eigenvalue weighted by molar-refractivity contribution is -0.133. The van der Waals surface area contributed by atoms with Gasteiger partial charge >= 0.3 is 6.03 Å². The Kier molecular flexibility index (Phi) is 9.01. The van der Waals surface area contributed by atoms with Gasteiger partial charge in [0, 0.05) is 23.7 Å². The van der Waals surface area contributed by atoms with Gasteiger partial charge in [0.15, 0.2) is 0 Å². The van der Waals surface area contributed by atoms with Crippen molar-refractivity contribution in [1.82, 2.24) is 9.80 Å². The van der Waals surface area contributed by atoms with Gasteiger partial charge in [-0.05, 0) is 66.2 Å². The van der Waals surface area contributed by atoms with Crippen LogP contribution in [0.3, 0.4) is 0 Å². The predicted molar refractivity (Wildman–Crippen MR) is 132 cm³/mol. The number of hydrogen-bond acceptors (Lipinski definition) is 3. The number of nitrogens with one attached hydrogen (secondary N) is 1. The minimum absolute atomic E-state index is 0.104. The number of carbonyl (C=O) groups is 2. The van der Waals surface area contributed by atoms with Crippen LogP contribution in [-0.4, -0.2) is 34.8 Å². The Balaban J connectivity index is 1.76. The monoisotopic (exact) mass is 505 g/mol. The summed E-state index contributed by atoms with van der Waals surface area (Å²) >= 11 is 7.37. The van der Waals surface area contributed by atoms with Crippen LogP contribution in [0.1, 0.15) is 29.3 Å². The quantitative estimate of drug-likeness (QED) is 0.363. The van der Waals surface area contributed by atoms with Crippen LogP contribution in [0.25, 0.3) is 0 Å². The summed E-state index contributed by atoms with van der Waals surface area (Å²) < 4.78 is 26.8. The number of halogens is 3. The zero-order valence-corrected chi connectivity index (χ0v) is 20.6. The van der Waals surface area contributed by atoms with Crippen molar-refractivity contribution in [2.45, 2.75) is 33.4 Å². The Bertz CT molecular complexity index is 1140. The molecule has 0 unspecified atom stereocenters. The van der Waals surface area contributed by atoms with Gasteiger partial charge in [0.25, 0.3) is 0 Å². The normalized spacial score (nSPS) is 10.7. The summed E-state index contributed by atoms with van der Waals surface area (Å²) in [5.41, 5.74) is 2.21. The molecule has 34 heavy (non-hydrogen) atoms. The fraction of sp³-hybridized carbons (Fsp3) is 0.280. The summed E-state index contributed by atoms with van der Waals surface area (Å²) in [7, 11) is 0. The number of aryl methyl sites for hydroxylation is 1. The van der Waals surface area contributed by atoms with Gasteiger partial charge in [-0.15, -0.1) is 11.3 Å². The topological polar surface area (TPSA) is 52.7 Å². The summed E-state index contributed by atoms with van der Waals surface area (Å²) in [4.78, 5) is 30.4. The SMILES string of the molecule is CCCN(CC(=O)N(Cc1ccc(F)cc1)Cc1sccc1C)C(=O)Nc1ccc(F)c(Cl)c1. The van der Waals surface area contributed by atoms with Crippen molar-refractivity contribution >= 4 is 40.6 Å². The van der Waals surface area contributed by atoms with Crippen molar-refractivity contribution in [3.63, 3.8) is 0 Å². The molecule has 1 N–H and O–H groups in total. The molecule has 0 radical (unpaired) electrons. The van der Waals surface area contributed by atoms with Crippen molar-refractivity contribution in [2.75, 3.05) is 18.4 Å². The van der Waals surface area contributed by atoms with Crippen LogP contribution in [-0.2, 0) is 17.9 Å². The highest BCUT2D eigenvalue weighted by atomic mass is 35.5. The zero-order valence-electron chi connectivity index (χ0n) is 19.0. The lowest BCUT2D eigenvalue weighted by atomic mass is 10.2. The van der Waals surface area contributed by atoms with Crippen LogP contribution >= 0.6 is 22.9 Å². The molecule has 3 amide bonds. The van der Waals surface area contributed by atoms with E-state index in [0.717, 1.165) is 16.0 Å². The molecule has 0 saturated heterocycles. The second kappa shape index (κ2) is 11.9. The number of anilines is 1. The minimum atomic E-state index is -0.583. The highest BCUT2D eigenvalue weighted by Gasteiger charge is 2.22. The largest absolute Gasteiger partial charge is 0.332 e. The number of thiophene rings is 1. The summed E-state index contributed by atoms with van der Waals surface area (Å²) in [6.45, 7) is 4.78. The molecule has 1 heterocycles. The molecule has 0 spiro atoms. The molecule has 0 aliphatic rings. The molecule has 0 atom stereocenters. The van der Waals surface area contributed by atoms with E-state index >= 15 is 0 Å². The van der Waals surface area contributed by atoms with Crippen LogP contribution in [0.5, 0.6) is 0 Å². The van der Waals surface area contributed by atoms with Crippen LogP contribution in [0, 0.1) is 18.6 Å². The standard InChI is InChI=1S/C25H26ClF2N3O2S/c1-3-11-30(25(33)29-20-8-9-22(28)21(26)13-20)16-24(32)31(15-23-17(2)10-12-34-23)14-18-4-6-19(27)7-5-18/h4-10,12-13H,3,11,14-16H2,1-2H3,(H,29,33). The van der Waals surface area contributed by atoms with Gasteiger partial charge < -0.3 is 15.1 Å². The number of hydrogen-bond donors (Lipinski definition) is 1. The molecule has 0 aliphatic heterocycles. The maximum Gasteiger partial charge on any atom is 0.322 e. The van der Waals surface area contributed by atoms with Crippen LogP contribution in [0.15, 0.2) is 53.9 Å². The van der Waals surface area contributed by atoms with Gasteiger partial charge in [0.1, 0.15) is 18.2 Å². The molecular formula is C25H26ClF2N3O2S. The van der Waals surface area contributed by atoms with Crippen molar-refractivity contribution in [3.05, 3.63) is 86.6 Å². The third-order valence-corrected chi connectivity index (χ3v) is 6.52. The highest BCUT2D eigenvalue weighted by Crippen LogP contribution is 2.21. The Hall–Kier alpha value is -2.97. The highest BCUT2D eigenvalue weighted by molar-refractivity contribution is 7.10. The van der Waals surface area contributed by atoms with Gasteiger partial charge in [-0.2, -0.15) is 0 Å². The first-order valence-electron chi connectivity index (χ1n) is 10.8. The van der Waals surface area contributed by atoms with Crippen molar-refractivity contribution in [1.29, 1.82) is 0 Å². The van der Waals surface area contributed by atoms with Crippen LogP contribution in [0.2, 0.25) is 5.02 Å². The summed E-state index contributed by atoms with van der Waals surface area (Å²) in [6, 6.07) is 11.4. The maximum absolute atomic E-state index is 13.4. The van der Waals surface area contributed by atoms with Crippen LogP contribution < -0.4 is 5.32 Å². The minimum Gasteiger partial charge on any atom is -0.332 e. The summed E-state index contributed by atoms with van der Waals surface area (Å²) in [5, 5.41) is 4.54. The molecule has 9 heteroatoms. The molecule has 3 aromatic rings. The molecule has 0 bridgehead atoms. The smallest absolute Gasteiger partial charge is 0.322 e. The van der Waals surface area contributed by atoms with E-state index in [1.165, 1.54) is 35.2 Å². The van der Waals surface area contributed by atoms with Crippen molar-refractivity contribution in [2.24, 2.45) is 0 Å². The fourth-order valence-corrected chi connectivity index (χ4v) is 4.45. The Labute approximate surface area is 206 Å². The second-order valence-electron chi connectivity index (χ2n) is 7.88. The first-order chi connectivity index (χ1) is 16.3. The molecule has 5 nitrogen and oxygen atoms in total. The number of rotatable bonds is 9. The Morgan fingerprint density at radius 2 is 1.76 bits per heavy atom. The molecule has 0 fully saturated rings. The third-order valence-electron chi connectivity index (χ3n) is 5.22. The Morgan fingerprint density at radius 1 is 1.03 bits per heavy atom. The Morgan fingerprint density at radius 3 is 2.38 bits per heavy atom.